The van der Waals surface area contributed by atoms with E-state index >= 15 is 0 Å². The number of halogens is 1. The summed E-state index contributed by atoms with van der Waals surface area (Å²) < 4.78 is 2.32. The summed E-state index contributed by atoms with van der Waals surface area (Å²) in [7, 11) is 0. The highest BCUT2D eigenvalue weighted by atomic mass is 79.9. The largest absolute Gasteiger partial charge is 0.353 e. The van der Waals surface area contributed by atoms with E-state index in [2.05, 4.69) is 26.2 Å². The quantitative estimate of drug-likeness (QED) is 0.829. The predicted octanol–water partition coefficient (Wildman–Crippen LogP) is 1.80. The zero-order valence-electron chi connectivity index (χ0n) is 13.5. The van der Waals surface area contributed by atoms with Crippen LogP contribution in [0, 0.1) is 0 Å². The van der Waals surface area contributed by atoms with Crippen molar-refractivity contribution in [2.45, 2.75) is 33.4 Å². The summed E-state index contributed by atoms with van der Waals surface area (Å²) in [6.07, 6.45) is 1.70. The number of nitrogens with zero attached hydrogens (tertiary/aromatic N) is 3. The van der Waals surface area contributed by atoms with Gasteiger partial charge < -0.3 is 5.32 Å². The lowest BCUT2D eigenvalue weighted by atomic mass is 10.3. The summed E-state index contributed by atoms with van der Waals surface area (Å²) in [5.74, 6) is -0.0247. The van der Waals surface area contributed by atoms with E-state index in [9.17, 15) is 9.59 Å². The molecule has 7 heteroatoms. The molecule has 0 atom stereocenters. The third-order valence-corrected chi connectivity index (χ3v) is 3.80. The molecule has 0 saturated heterocycles. The Labute approximate surface area is 143 Å². The Morgan fingerprint density at radius 2 is 2.17 bits per heavy atom. The van der Waals surface area contributed by atoms with Crippen molar-refractivity contribution in [2.75, 3.05) is 13.1 Å². The second-order valence-electron chi connectivity index (χ2n) is 5.69. The molecule has 0 bridgehead atoms. The average molecular weight is 381 g/mol. The van der Waals surface area contributed by atoms with Crippen LogP contribution in [0.25, 0.3) is 5.65 Å². The number of likely N-dealkylation sites (N-methyl/N-ethyl adjacent to an activating group) is 1. The molecule has 0 aliphatic heterocycles. The van der Waals surface area contributed by atoms with Gasteiger partial charge in [-0.2, -0.15) is 0 Å². The number of hydrogen-bond donors (Lipinski definition) is 1. The molecule has 0 aliphatic carbocycles. The first-order valence-electron chi connectivity index (χ1n) is 7.58. The zero-order chi connectivity index (χ0) is 17.0. The number of aromatic nitrogens is 2. The summed E-state index contributed by atoms with van der Waals surface area (Å²) in [6, 6.07) is 5.27. The van der Waals surface area contributed by atoms with Crippen LogP contribution in [0.5, 0.6) is 0 Å². The van der Waals surface area contributed by atoms with Crippen LogP contribution in [0.15, 0.2) is 33.7 Å². The number of pyridine rings is 1. The molecule has 0 spiro atoms. The Morgan fingerprint density at radius 1 is 1.43 bits per heavy atom. The molecule has 6 nitrogen and oxygen atoms in total. The van der Waals surface area contributed by atoms with Gasteiger partial charge in [-0.25, -0.2) is 4.98 Å². The molecule has 0 unspecified atom stereocenters. The van der Waals surface area contributed by atoms with Crippen LogP contribution in [0.3, 0.4) is 0 Å². The van der Waals surface area contributed by atoms with Gasteiger partial charge >= 0.3 is 0 Å². The van der Waals surface area contributed by atoms with E-state index in [0.717, 1.165) is 4.47 Å². The maximum Gasteiger partial charge on any atom is 0.258 e. The summed E-state index contributed by atoms with van der Waals surface area (Å²) >= 11 is 3.34. The molecule has 2 aromatic heterocycles. The number of hydrogen-bond acceptors (Lipinski definition) is 4. The molecule has 0 aromatic carbocycles. The van der Waals surface area contributed by atoms with Gasteiger partial charge in [0.1, 0.15) is 5.65 Å². The van der Waals surface area contributed by atoms with Gasteiger partial charge in [0.25, 0.3) is 5.56 Å². The van der Waals surface area contributed by atoms with E-state index in [1.165, 1.54) is 10.5 Å². The van der Waals surface area contributed by atoms with Crippen molar-refractivity contribution >= 4 is 27.5 Å². The minimum atomic E-state index is -0.131. The van der Waals surface area contributed by atoms with E-state index in [-0.39, 0.29) is 24.1 Å². The fraction of sp³-hybridized carbons (Fsp3) is 0.438. The van der Waals surface area contributed by atoms with Crippen LogP contribution in [0.4, 0.5) is 0 Å². The SMILES string of the molecule is CCN(CC(=O)NC(C)C)Cc1cc(=O)n2cc(Br)ccc2n1. The van der Waals surface area contributed by atoms with E-state index in [1.54, 1.807) is 12.3 Å². The first-order valence-corrected chi connectivity index (χ1v) is 8.38. The van der Waals surface area contributed by atoms with E-state index < -0.39 is 0 Å². The standard InChI is InChI=1S/C16H21BrN4O2/c1-4-20(10-15(22)18-11(2)3)9-13-7-16(23)21-8-12(17)5-6-14(21)19-13/h5-8,11H,4,9-10H2,1-3H3,(H,18,22). The van der Waals surface area contributed by atoms with Gasteiger partial charge in [-0.1, -0.05) is 6.92 Å². The minimum absolute atomic E-state index is 0.0247. The summed E-state index contributed by atoms with van der Waals surface area (Å²) in [5, 5.41) is 2.87. The van der Waals surface area contributed by atoms with Crippen molar-refractivity contribution < 1.29 is 4.79 Å². The lowest BCUT2D eigenvalue weighted by Gasteiger charge is -2.20. The number of carbonyl (C=O) groups is 1. The predicted molar refractivity (Wildman–Crippen MR) is 93.4 cm³/mol. The smallest absolute Gasteiger partial charge is 0.258 e. The Hall–Kier alpha value is -1.73. The van der Waals surface area contributed by atoms with E-state index in [4.69, 9.17) is 0 Å². The number of carbonyl (C=O) groups excluding carboxylic acids is 1. The minimum Gasteiger partial charge on any atom is -0.353 e. The zero-order valence-corrected chi connectivity index (χ0v) is 15.1. The number of fused-ring (bicyclic) bond motifs is 1. The molecule has 0 saturated carbocycles. The van der Waals surface area contributed by atoms with Gasteiger partial charge in [-0.15, -0.1) is 0 Å². The monoisotopic (exact) mass is 380 g/mol. The molecule has 0 fully saturated rings. The van der Waals surface area contributed by atoms with Gasteiger partial charge in [0.15, 0.2) is 0 Å². The van der Waals surface area contributed by atoms with Crippen molar-refractivity contribution in [3.8, 4) is 0 Å². The van der Waals surface area contributed by atoms with E-state index in [1.807, 2.05) is 31.7 Å². The lowest BCUT2D eigenvalue weighted by molar-refractivity contribution is -0.122. The highest BCUT2D eigenvalue weighted by Gasteiger charge is 2.12. The Bertz CT molecular complexity index is 757. The fourth-order valence-corrected chi connectivity index (χ4v) is 2.62. The summed E-state index contributed by atoms with van der Waals surface area (Å²) in [6.45, 7) is 7.29. The molecule has 1 N–H and O–H groups in total. The van der Waals surface area contributed by atoms with Crippen molar-refractivity contribution in [3.63, 3.8) is 0 Å². The van der Waals surface area contributed by atoms with Crippen molar-refractivity contribution in [1.82, 2.24) is 19.6 Å². The molecule has 1 amide bonds. The number of rotatable bonds is 6. The van der Waals surface area contributed by atoms with Gasteiger partial charge in [0.2, 0.25) is 5.91 Å². The molecule has 0 radical (unpaired) electrons. The second kappa shape index (κ2) is 7.70. The topological polar surface area (TPSA) is 66.7 Å². The molecule has 124 valence electrons. The fourth-order valence-electron chi connectivity index (χ4n) is 2.29. The molecular weight excluding hydrogens is 360 g/mol. The highest BCUT2D eigenvalue weighted by molar-refractivity contribution is 9.10. The normalized spacial score (nSPS) is 11.4. The van der Waals surface area contributed by atoms with Crippen LogP contribution in [0.2, 0.25) is 0 Å². The highest BCUT2D eigenvalue weighted by Crippen LogP contribution is 2.10. The van der Waals surface area contributed by atoms with Crippen LogP contribution in [-0.4, -0.2) is 39.3 Å². The third-order valence-electron chi connectivity index (χ3n) is 3.33. The van der Waals surface area contributed by atoms with E-state index in [0.29, 0.717) is 24.4 Å². The summed E-state index contributed by atoms with van der Waals surface area (Å²) in [4.78, 5) is 30.5. The Kier molecular flexibility index (Phi) is 5.90. The third kappa shape index (κ3) is 4.87. The van der Waals surface area contributed by atoms with Crippen LogP contribution in [-0.2, 0) is 11.3 Å². The molecule has 23 heavy (non-hydrogen) atoms. The van der Waals surface area contributed by atoms with Crippen molar-refractivity contribution in [3.05, 3.63) is 44.9 Å². The molecule has 2 aromatic rings. The van der Waals surface area contributed by atoms with Gasteiger partial charge in [-0.05, 0) is 48.5 Å². The maximum absolute atomic E-state index is 12.2. The Balaban J connectivity index is 2.18. The molecule has 2 rings (SSSR count). The molecule has 0 aliphatic rings. The van der Waals surface area contributed by atoms with Gasteiger partial charge in [0.05, 0.1) is 12.2 Å². The molecular formula is C16H21BrN4O2. The van der Waals surface area contributed by atoms with Crippen molar-refractivity contribution in [2.24, 2.45) is 0 Å². The first kappa shape index (κ1) is 17.6. The van der Waals surface area contributed by atoms with Gasteiger partial charge in [-0.3, -0.25) is 18.9 Å². The number of amides is 1. The van der Waals surface area contributed by atoms with Crippen molar-refractivity contribution in [1.29, 1.82) is 0 Å². The number of nitrogens with one attached hydrogen (secondary N) is 1. The van der Waals surface area contributed by atoms with Crippen LogP contribution < -0.4 is 10.9 Å². The van der Waals surface area contributed by atoms with Crippen LogP contribution in [0.1, 0.15) is 26.5 Å². The Morgan fingerprint density at radius 3 is 2.83 bits per heavy atom. The average Bonchev–Trinajstić information content (AvgIpc) is 2.46. The maximum atomic E-state index is 12.2. The molecule has 2 heterocycles. The lowest BCUT2D eigenvalue weighted by Crippen LogP contribution is -2.40. The second-order valence-corrected chi connectivity index (χ2v) is 6.60. The summed E-state index contributed by atoms with van der Waals surface area (Å²) in [5.41, 5.74) is 1.13. The van der Waals surface area contributed by atoms with Crippen LogP contribution >= 0.6 is 15.9 Å². The first-order chi connectivity index (χ1) is 10.9. The van der Waals surface area contributed by atoms with Gasteiger partial charge in [0, 0.05) is 29.3 Å².